The molecule has 3 aromatic rings. The number of pyridine rings is 1. The fourth-order valence-electron chi connectivity index (χ4n) is 2.47. The SMILES string of the molecule is Cc1cc(C)cc(Oc2nc(CCl)cc3ccccc23)c1. The third-order valence-electron chi connectivity index (χ3n) is 3.31. The third kappa shape index (κ3) is 3.01. The minimum Gasteiger partial charge on any atom is -0.438 e. The zero-order chi connectivity index (χ0) is 14.8. The van der Waals surface area contributed by atoms with Crippen LogP contribution in [0.2, 0.25) is 0 Å². The lowest BCUT2D eigenvalue weighted by Gasteiger charge is -2.11. The normalized spacial score (nSPS) is 10.8. The highest BCUT2D eigenvalue weighted by molar-refractivity contribution is 6.17. The van der Waals surface area contributed by atoms with E-state index in [1.54, 1.807) is 0 Å². The van der Waals surface area contributed by atoms with E-state index < -0.39 is 0 Å². The molecule has 0 radical (unpaired) electrons. The van der Waals surface area contributed by atoms with Crippen molar-refractivity contribution in [3.8, 4) is 11.6 Å². The number of halogens is 1. The van der Waals surface area contributed by atoms with Crippen molar-refractivity contribution in [1.29, 1.82) is 0 Å². The molecule has 2 nitrogen and oxygen atoms in total. The van der Waals surface area contributed by atoms with Crippen LogP contribution < -0.4 is 4.74 Å². The van der Waals surface area contributed by atoms with Crippen molar-refractivity contribution in [3.63, 3.8) is 0 Å². The third-order valence-corrected chi connectivity index (χ3v) is 3.58. The Hall–Kier alpha value is -2.06. The number of rotatable bonds is 3. The molecule has 0 amide bonds. The summed E-state index contributed by atoms with van der Waals surface area (Å²) < 4.78 is 6.03. The summed E-state index contributed by atoms with van der Waals surface area (Å²) in [5, 5.41) is 2.08. The minimum absolute atomic E-state index is 0.369. The van der Waals surface area contributed by atoms with Gasteiger partial charge < -0.3 is 4.74 Å². The summed E-state index contributed by atoms with van der Waals surface area (Å²) in [4.78, 5) is 4.52. The maximum absolute atomic E-state index is 6.03. The van der Waals surface area contributed by atoms with Gasteiger partial charge in [0.1, 0.15) is 5.75 Å². The van der Waals surface area contributed by atoms with Crippen molar-refractivity contribution in [3.05, 3.63) is 65.4 Å². The molecule has 0 unspecified atom stereocenters. The second-order valence-corrected chi connectivity index (χ2v) is 5.47. The Kier molecular flexibility index (Phi) is 3.80. The van der Waals surface area contributed by atoms with Gasteiger partial charge >= 0.3 is 0 Å². The Bertz CT molecular complexity index is 778. The van der Waals surface area contributed by atoms with Crippen molar-refractivity contribution < 1.29 is 4.74 Å². The molecule has 0 bridgehead atoms. The van der Waals surface area contributed by atoms with E-state index in [9.17, 15) is 0 Å². The van der Waals surface area contributed by atoms with Gasteiger partial charge in [0.25, 0.3) is 0 Å². The van der Waals surface area contributed by atoms with Gasteiger partial charge in [-0.2, -0.15) is 0 Å². The first-order chi connectivity index (χ1) is 10.2. The van der Waals surface area contributed by atoms with E-state index in [2.05, 4.69) is 24.9 Å². The van der Waals surface area contributed by atoms with E-state index in [1.807, 2.05) is 42.5 Å². The minimum atomic E-state index is 0.369. The topological polar surface area (TPSA) is 22.1 Å². The molecule has 0 N–H and O–H groups in total. The largest absolute Gasteiger partial charge is 0.438 e. The number of alkyl halides is 1. The lowest BCUT2D eigenvalue weighted by atomic mass is 10.1. The van der Waals surface area contributed by atoms with E-state index in [0.29, 0.717) is 11.8 Å². The molecular formula is C18H16ClNO. The summed E-state index contributed by atoms with van der Waals surface area (Å²) in [7, 11) is 0. The Balaban J connectivity index is 2.10. The fourth-order valence-corrected chi connectivity index (χ4v) is 2.61. The Labute approximate surface area is 129 Å². The summed E-state index contributed by atoms with van der Waals surface area (Å²) in [6.07, 6.45) is 0. The summed E-state index contributed by atoms with van der Waals surface area (Å²) in [5.41, 5.74) is 3.15. The Morgan fingerprint density at radius 2 is 1.71 bits per heavy atom. The highest BCUT2D eigenvalue weighted by Crippen LogP contribution is 2.30. The van der Waals surface area contributed by atoms with Crippen LogP contribution in [0.1, 0.15) is 16.8 Å². The maximum atomic E-state index is 6.03. The van der Waals surface area contributed by atoms with Crippen LogP contribution in [0.4, 0.5) is 0 Å². The number of aryl methyl sites for hydroxylation is 2. The fraction of sp³-hybridized carbons (Fsp3) is 0.167. The first-order valence-electron chi connectivity index (χ1n) is 6.86. The van der Waals surface area contributed by atoms with Crippen LogP contribution in [0.5, 0.6) is 11.6 Å². The van der Waals surface area contributed by atoms with Crippen molar-refractivity contribution in [2.24, 2.45) is 0 Å². The van der Waals surface area contributed by atoms with Crippen LogP contribution in [0.15, 0.2) is 48.5 Å². The lowest BCUT2D eigenvalue weighted by Crippen LogP contribution is -1.94. The molecule has 106 valence electrons. The second kappa shape index (κ2) is 5.74. The number of fused-ring (bicyclic) bond motifs is 1. The monoisotopic (exact) mass is 297 g/mol. The molecule has 1 heterocycles. The Morgan fingerprint density at radius 3 is 2.43 bits per heavy atom. The summed E-state index contributed by atoms with van der Waals surface area (Å²) in [5.74, 6) is 1.78. The Morgan fingerprint density at radius 1 is 1.00 bits per heavy atom. The number of hydrogen-bond acceptors (Lipinski definition) is 2. The molecule has 0 atom stereocenters. The zero-order valence-corrected chi connectivity index (χ0v) is 12.8. The van der Waals surface area contributed by atoms with E-state index in [0.717, 1.165) is 22.2 Å². The number of nitrogens with zero attached hydrogens (tertiary/aromatic N) is 1. The second-order valence-electron chi connectivity index (χ2n) is 5.20. The molecule has 1 aromatic heterocycles. The first kappa shape index (κ1) is 13.9. The molecule has 21 heavy (non-hydrogen) atoms. The molecule has 0 saturated carbocycles. The van der Waals surface area contributed by atoms with Gasteiger partial charge in [-0.25, -0.2) is 4.98 Å². The van der Waals surface area contributed by atoms with Gasteiger partial charge in [0.2, 0.25) is 5.88 Å². The van der Waals surface area contributed by atoms with Crippen molar-refractivity contribution in [1.82, 2.24) is 4.98 Å². The number of ether oxygens (including phenoxy) is 1. The van der Waals surface area contributed by atoms with E-state index in [-0.39, 0.29) is 0 Å². The van der Waals surface area contributed by atoms with Crippen LogP contribution in [0.25, 0.3) is 10.8 Å². The van der Waals surface area contributed by atoms with E-state index in [4.69, 9.17) is 16.3 Å². The average Bonchev–Trinajstić information content (AvgIpc) is 2.46. The lowest BCUT2D eigenvalue weighted by molar-refractivity contribution is 0.467. The van der Waals surface area contributed by atoms with Crippen molar-refractivity contribution in [2.75, 3.05) is 0 Å². The highest BCUT2D eigenvalue weighted by atomic mass is 35.5. The van der Waals surface area contributed by atoms with Crippen molar-refractivity contribution >= 4 is 22.4 Å². The predicted molar refractivity (Wildman–Crippen MR) is 87.3 cm³/mol. The van der Waals surface area contributed by atoms with Crippen LogP contribution in [-0.2, 0) is 5.88 Å². The molecule has 0 saturated heterocycles. The van der Waals surface area contributed by atoms with Gasteiger partial charge in [-0.05, 0) is 54.6 Å². The number of aromatic nitrogens is 1. The van der Waals surface area contributed by atoms with Gasteiger partial charge in [-0.15, -0.1) is 11.6 Å². The quantitative estimate of drug-likeness (QED) is 0.605. The number of hydrogen-bond donors (Lipinski definition) is 0. The van der Waals surface area contributed by atoms with E-state index >= 15 is 0 Å². The smallest absolute Gasteiger partial charge is 0.227 e. The standard InChI is InChI=1S/C18H16ClNO/c1-12-7-13(2)9-16(8-12)21-18-17-6-4-3-5-14(17)10-15(11-19)20-18/h3-10H,11H2,1-2H3. The van der Waals surface area contributed by atoms with Gasteiger partial charge in [0, 0.05) is 5.39 Å². The molecule has 2 aromatic carbocycles. The van der Waals surface area contributed by atoms with Crippen LogP contribution in [0.3, 0.4) is 0 Å². The predicted octanol–water partition coefficient (Wildman–Crippen LogP) is 5.38. The summed E-state index contributed by atoms with van der Waals surface area (Å²) in [6.45, 7) is 4.11. The maximum Gasteiger partial charge on any atom is 0.227 e. The molecule has 0 spiro atoms. The summed E-state index contributed by atoms with van der Waals surface area (Å²) >= 11 is 5.93. The molecule has 0 fully saturated rings. The molecular weight excluding hydrogens is 282 g/mol. The number of benzene rings is 2. The first-order valence-corrected chi connectivity index (χ1v) is 7.40. The van der Waals surface area contributed by atoms with Gasteiger partial charge in [-0.1, -0.05) is 24.3 Å². The van der Waals surface area contributed by atoms with Crippen molar-refractivity contribution in [2.45, 2.75) is 19.7 Å². The molecule has 0 aliphatic rings. The van der Waals surface area contributed by atoms with Crippen LogP contribution in [0, 0.1) is 13.8 Å². The average molecular weight is 298 g/mol. The molecule has 3 rings (SSSR count). The van der Waals surface area contributed by atoms with E-state index in [1.165, 1.54) is 11.1 Å². The molecule has 3 heteroatoms. The van der Waals surface area contributed by atoms with Gasteiger partial charge in [-0.3, -0.25) is 0 Å². The van der Waals surface area contributed by atoms with Gasteiger partial charge in [0.05, 0.1) is 11.6 Å². The molecule has 0 aliphatic carbocycles. The highest BCUT2D eigenvalue weighted by Gasteiger charge is 2.08. The molecule has 0 aliphatic heterocycles. The zero-order valence-electron chi connectivity index (χ0n) is 12.1. The van der Waals surface area contributed by atoms with Gasteiger partial charge in [0.15, 0.2) is 0 Å². The van der Waals surface area contributed by atoms with Crippen LogP contribution >= 0.6 is 11.6 Å². The summed E-state index contributed by atoms with van der Waals surface area (Å²) in [6, 6.07) is 16.2. The van der Waals surface area contributed by atoms with Crippen LogP contribution in [-0.4, -0.2) is 4.98 Å².